The maximum Gasteiger partial charge on any atom is 0.147 e. The molecule has 0 atom stereocenters. The van der Waals surface area contributed by atoms with Crippen molar-refractivity contribution in [2.45, 2.75) is 13.5 Å². The lowest BCUT2D eigenvalue weighted by Gasteiger charge is -2.08. The number of fused-ring (bicyclic) bond motifs is 1. The first-order valence-corrected chi connectivity index (χ1v) is 6.55. The van der Waals surface area contributed by atoms with Crippen molar-refractivity contribution in [2.75, 3.05) is 5.73 Å². The molecule has 1 heterocycles. The van der Waals surface area contributed by atoms with Gasteiger partial charge in [-0.3, -0.25) is 0 Å². The van der Waals surface area contributed by atoms with E-state index in [1.807, 2.05) is 43.4 Å². The lowest BCUT2D eigenvalue weighted by molar-refractivity contribution is 0.294. The van der Waals surface area contributed by atoms with Gasteiger partial charge in [0.25, 0.3) is 0 Å². The van der Waals surface area contributed by atoms with E-state index in [2.05, 4.69) is 22.5 Å². The minimum absolute atomic E-state index is 0.402. The number of imidazole rings is 1. The van der Waals surface area contributed by atoms with Gasteiger partial charge in [0.15, 0.2) is 0 Å². The summed E-state index contributed by atoms with van der Waals surface area (Å²) < 4.78 is 7.84. The number of nitrogen functional groups attached to an aromatic ring is 1. The van der Waals surface area contributed by atoms with Crippen LogP contribution in [0.5, 0.6) is 5.75 Å². The molecular weight excluding hydrogens is 250 g/mol. The van der Waals surface area contributed by atoms with Gasteiger partial charge in [0.2, 0.25) is 0 Å². The second-order valence-corrected chi connectivity index (χ2v) is 4.86. The molecule has 0 aliphatic heterocycles. The van der Waals surface area contributed by atoms with E-state index in [1.54, 1.807) is 0 Å². The topological polar surface area (TPSA) is 53.1 Å². The van der Waals surface area contributed by atoms with Crippen molar-refractivity contribution in [2.24, 2.45) is 7.05 Å². The molecule has 0 saturated carbocycles. The van der Waals surface area contributed by atoms with Crippen molar-refractivity contribution in [1.29, 1.82) is 0 Å². The Kier molecular flexibility index (Phi) is 3.06. The average molecular weight is 267 g/mol. The van der Waals surface area contributed by atoms with E-state index in [0.717, 1.165) is 16.9 Å². The summed E-state index contributed by atoms with van der Waals surface area (Å²) in [5.41, 5.74) is 9.86. The number of hydrogen-bond donors (Lipinski definition) is 1. The number of ether oxygens (including phenoxy) is 1. The molecule has 0 fully saturated rings. The van der Waals surface area contributed by atoms with Crippen LogP contribution in [-0.2, 0) is 13.7 Å². The molecule has 3 rings (SSSR count). The van der Waals surface area contributed by atoms with Crippen molar-refractivity contribution in [1.82, 2.24) is 9.55 Å². The maximum atomic E-state index is 5.87. The van der Waals surface area contributed by atoms with E-state index in [9.17, 15) is 0 Å². The van der Waals surface area contributed by atoms with E-state index < -0.39 is 0 Å². The summed E-state index contributed by atoms with van der Waals surface area (Å²) >= 11 is 0. The molecule has 2 N–H and O–H groups in total. The number of rotatable bonds is 3. The molecule has 0 unspecified atom stereocenters. The minimum atomic E-state index is 0.402. The third kappa shape index (κ3) is 2.09. The predicted octanol–water partition coefficient (Wildman–Crippen LogP) is 3.04. The maximum absolute atomic E-state index is 5.87. The van der Waals surface area contributed by atoms with Crippen LogP contribution in [0.4, 0.5) is 5.69 Å². The molecule has 2 aromatic carbocycles. The highest BCUT2D eigenvalue weighted by atomic mass is 16.5. The molecule has 1 aromatic heterocycles. The third-order valence-electron chi connectivity index (χ3n) is 3.46. The average Bonchev–Trinajstić information content (AvgIpc) is 2.76. The van der Waals surface area contributed by atoms with Crippen molar-refractivity contribution in [3.63, 3.8) is 0 Å². The molecule has 4 nitrogen and oxygen atoms in total. The van der Waals surface area contributed by atoms with Gasteiger partial charge in [-0.1, -0.05) is 24.3 Å². The molecule has 0 bridgehead atoms. The van der Waals surface area contributed by atoms with Gasteiger partial charge in [-0.15, -0.1) is 0 Å². The van der Waals surface area contributed by atoms with Gasteiger partial charge < -0.3 is 15.0 Å². The summed E-state index contributed by atoms with van der Waals surface area (Å²) in [5, 5.41) is 0. The summed E-state index contributed by atoms with van der Waals surface area (Å²) in [6, 6.07) is 13.6. The lowest BCUT2D eigenvalue weighted by Crippen LogP contribution is -2.04. The Labute approximate surface area is 117 Å². The number of anilines is 1. The van der Waals surface area contributed by atoms with Crippen LogP contribution in [0.25, 0.3) is 11.0 Å². The molecule has 0 radical (unpaired) electrons. The highest BCUT2D eigenvalue weighted by Gasteiger charge is 2.10. The fourth-order valence-electron chi connectivity index (χ4n) is 2.40. The van der Waals surface area contributed by atoms with Crippen molar-refractivity contribution < 1.29 is 4.74 Å². The molecule has 102 valence electrons. The van der Waals surface area contributed by atoms with Crippen molar-refractivity contribution in [3.05, 3.63) is 53.9 Å². The number of hydrogen-bond acceptors (Lipinski definition) is 3. The summed E-state index contributed by atoms with van der Waals surface area (Å²) in [6.07, 6.45) is 0. The second kappa shape index (κ2) is 4.89. The Balaban J connectivity index is 1.90. The Hall–Kier alpha value is -2.49. The molecule has 0 aliphatic carbocycles. The zero-order chi connectivity index (χ0) is 14.1. The van der Waals surface area contributed by atoms with Gasteiger partial charge in [-0.25, -0.2) is 4.98 Å². The van der Waals surface area contributed by atoms with Crippen molar-refractivity contribution in [3.8, 4) is 5.75 Å². The lowest BCUT2D eigenvalue weighted by atomic mass is 10.2. The molecular formula is C16H17N3O. The van der Waals surface area contributed by atoms with E-state index in [-0.39, 0.29) is 0 Å². The molecule has 4 heteroatoms. The van der Waals surface area contributed by atoms with Gasteiger partial charge in [0.1, 0.15) is 18.2 Å². The number of aromatic nitrogens is 2. The molecule has 0 amide bonds. The largest absolute Gasteiger partial charge is 0.484 e. The highest BCUT2D eigenvalue weighted by Crippen LogP contribution is 2.23. The fraction of sp³-hybridized carbons (Fsp3) is 0.188. The number of benzene rings is 2. The van der Waals surface area contributed by atoms with Crippen LogP contribution < -0.4 is 10.5 Å². The molecule has 0 aliphatic rings. The number of nitrogens with two attached hydrogens (primary N) is 1. The second-order valence-electron chi connectivity index (χ2n) is 4.86. The van der Waals surface area contributed by atoms with Crippen LogP contribution in [0.2, 0.25) is 0 Å². The molecule has 20 heavy (non-hydrogen) atoms. The van der Waals surface area contributed by atoms with E-state index in [4.69, 9.17) is 10.5 Å². The SMILES string of the molecule is Cc1cccc2nc(COc3ccccc3N)n(C)c12. The summed E-state index contributed by atoms with van der Waals surface area (Å²) in [4.78, 5) is 4.61. The predicted molar refractivity (Wildman–Crippen MR) is 80.6 cm³/mol. The first kappa shape index (κ1) is 12.5. The van der Waals surface area contributed by atoms with Gasteiger partial charge in [0, 0.05) is 7.05 Å². The van der Waals surface area contributed by atoms with Gasteiger partial charge in [0.05, 0.1) is 16.7 Å². The van der Waals surface area contributed by atoms with E-state index >= 15 is 0 Å². The van der Waals surface area contributed by atoms with Gasteiger partial charge in [-0.05, 0) is 30.7 Å². The zero-order valence-corrected chi connectivity index (χ0v) is 11.6. The standard InChI is InChI=1S/C16H17N3O/c1-11-6-5-8-13-16(11)19(2)15(18-13)10-20-14-9-4-3-7-12(14)17/h3-9H,10,17H2,1-2H3. The first-order valence-electron chi connectivity index (χ1n) is 6.55. The minimum Gasteiger partial charge on any atom is -0.484 e. The van der Waals surface area contributed by atoms with E-state index in [0.29, 0.717) is 18.0 Å². The first-order chi connectivity index (χ1) is 9.66. The summed E-state index contributed by atoms with van der Waals surface area (Å²) in [5.74, 6) is 1.58. The summed E-state index contributed by atoms with van der Waals surface area (Å²) in [7, 11) is 2.01. The Morgan fingerprint density at radius 3 is 2.70 bits per heavy atom. The van der Waals surface area contributed by atoms with Crippen LogP contribution in [0.3, 0.4) is 0 Å². The van der Waals surface area contributed by atoms with Crippen LogP contribution >= 0.6 is 0 Å². The van der Waals surface area contributed by atoms with Crippen LogP contribution in [0.1, 0.15) is 11.4 Å². The Bertz CT molecular complexity index is 762. The molecule has 3 aromatic rings. The molecule has 0 spiro atoms. The summed E-state index contributed by atoms with van der Waals surface area (Å²) in [6.45, 7) is 2.49. The van der Waals surface area contributed by atoms with E-state index in [1.165, 1.54) is 5.56 Å². The number of nitrogens with zero attached hydrogens (tertiary/aromatic N) is 2. The number of para-hydroxylation sites is 3. The fourth-order valence-corrected chi connectivity index (χ4v) is 2.40. The zero-order valence-electron chi connectivity index (χ0n) is 11.6. The van der Waals surface area contributed by atoms with Gasteiger partial charge >= 0.3 is 0 Å². The number of aryl methyl sites for hydroxylation is 2. The van der Waals surface area contributed by atoms with Gasteiger partial charge in [-0.2, -0.15) is 0 Å². The smallest absolute Gasteiger partial charge is 0.147 e. The quantitative estimate of drug-likeness (QED) is 0.742. The van der Waals surface area contributed by atoms with Crippen LogP contribution in [-0.4, -0.2) is 9.55 Å². The van der Waals surface area contributed by atoms with Crippen LogP contribution in [0.15, 0.2) is 42.5 Å². The van der Waals surface area contributed by atoms with Crippen LogP contribution in [0, 0.1) is 6.92 Å². The normalized spacial score (nSPS) is 10.9. The highest BCUT2D eigenvalue weighted by molar-refractivity contribution is 5.79. The Morgan fingerprint density at radius 1 is 1.15 bits per heavy atom. The Morgan fingerprint density at radius 2 is 1.95 bits per heavy atom. The van der Waals surface area contributed by atoms with Crippen molar-refractivity contribution >= 4 is 16.7 Å². The molecule has 0 saturated heterocycles. The monoisotopic (exact) mass is 267 g/mol. The third-order valence-corrected chi connectivity index (χ3v) is 3.46.